The van der Waals surface area contributed by atoms with Crippen LogP contribution in [0.25, 0.3) is 6.08 Å². The Hall–Kier alpha value is -1.97. The molecular formula is C15H19FN2O. The number of hydrogen-bond donors (Lipinski definition) is 1. The second kappa shape index (κ2) is 8.19. The molecule has 1 rings (SSSR count). The number of allylic oxidation sites excluding steroid dienone is 1. The molecule has 0 aliphatic carbocycles. The fraction of sp³-hybridized carbons (Fsp3) is 0.333. The summed E-state index contributed by atoms with van der Waals surface area (Å²) in [6, 6.07) is 6.49. The molecule has 0 atom stereocenters. The van der Waals surface area contributed by atoms with Crippen LogP contribution in [0.5, 0.6) is 0 Å². The van der Waals surface area contributed by atoms with Crippen LogP contribution in [-0.2, 0) is 4.79 Å². The molecule has 1 amide bonds. The molecule has 1 N–H and O–H groups in total. The van der Waals surface area contributed by atoms with Gasteiger partial charge in [-0.15, -0.1) is 0 Å². The summed E-state index contributed by atoms with van der Waals surface area (Å²) in [5, 5.41) is 3.93. The van der Waals surface area contributed by atoms with E-state index in [0.717, 1.165) is 12.8 Å². The van der Waals surface area contributed by atoms with Gasteiger partial charge in [0.05, 0.1) is 5.71 Å². The van der Waals surface area contributed by atoms with Crippen molar-refractivity contribution in [2.75, 3.05) is 0 Å². The van der Waals surface area contributed by atoms with Crippen molar-refractivity contribution in [3.63, 3.8) is 0 Å². The van der Waals surface area contributed by atoms with Crippen molar-refractivity contribution in [1.82, 2.24) is 5.43 Å². The van der Waals surface area contributed by atoms with E-state index in [1.807, 2.05) is 6.92 Å². The van der Waals surface area contributed by atoms with Gasteiger partial charge in [-0.1, -0.05) is 37.6 Å². The number of halogens is 1. The van der Waals surface area contributed by atoms with Crippen LogP contribution in [0.4, 0.5) is 4.39 Å². The van der Waals surface area contributed by atoms with Crippen LogP contribution in [0.15, 0.2) is 35.4 Å². The minimum atomic E-state index is -0.279. The number of nitrogens with one attached hydrogen (secondary N) is 1. The second-order valence-corrected chi connectivity index (χ2v) is 4.25. The molecule has 0 saturated carbocycles. The summed E-state index contributed by atoms with van der Waals surface area (Å²) in [4.78, 5) is 11.3. The number of unbranched alkanes of at least 4 members (excludes halogenated alkanes) is 1. The van der Waals surface area contributed by atoms with Gasteiger partial charge in [-0.25, -0.2) is 9.82 Å². The van der Waals surface area contributed by atoms with Crippen LogP contribution in [-0.4, -0.2) is 11.6 Å². The predicted molar refractivity (Wildman–Crippen MR) is 76.2 cm³/mol. The first-order chi connectivity index (χ1) is 9.13. The van der Waals surface area contributed by atoms with Gasteiger partial charge in [0.15, 0.2) is 0 Å². The van der Waals surface area contributed by atoms with Gasteiger partial charge in [-0.3, -0.25) is 4.79 Å². The molecular weight excluding hydrogens is 243 g/mol. The van der Waals surface area contributed by atoms with Gasteiger partial charge in [0, 0.05) is 12.0 Å². The first kappa shape index (κ1) is 15.1. The van der Waals surface area contributed by atoms with Crippen molar-refractivity contribution in [1.29, 1.82) is 0 Å². The quantitative estimate of drug-likeness (QED) is 0.618. The zero-order chi connectivity index (χ0) is 14.1. The van der Waals surface area contributed by atoms with Gasteiger partial charge in [-0.2, -0.15) is 5.10 Å². The zero-order valence-electron chi connectivity index (χ0n) is 11.3. The monoisotopic (exact) mass is 262 g/mol. The molecule has 1 aromatic carbocycles. The van der Waals surface area contributed by atoms with Crippen LogP contribution >= 0.6 is 0 Å². The molecule has 0 fully saturated rings. The summed E-state index contributed by atoms with van der Waals surface area (Å²) in [6.07, 6.45) is 5.60. The van der Waals surface area contributed by atoms with Gasteiger partial charge < -0.3 is 0 Å². The van der Waals surface area contributed by atoms with Crippen LogP contribution in [0.3, 0.4) is 0 Å². The molecule has 3 nitrogen and oxygen atoms in total. The van der Waals surface area contributed by atoms with Gasteiger partial charge in [-0.05, 0) is 25.5 Å². The highest BCUT2D eigenvalue weighted by atomic mass is 19.1. The molecule has 0 aromatic heterocycles. The average Bonchev–Trinajstić information content (AvgIpc) is 2.42. The maximum absolute atomic E-state index is 13.3. The largest absolute Gasteiger partial charge is 0.273 e. The molecule has 0 unspecified atom stereocenters. The third-order valence-electron chi connectivity index (χ3n) is 2.52. The van der Waals surface area contributed by atoms with Crippen LogP contribution in [0, 0.1) is 5.82 Å². The zero-order valence-corrected chi connectivity index (χ0v) is 11.3. The van der Waals surface area contributed by atoms with Crippen molar-refractivity contribution in [3.05, 3.63) is 41.7 Å². The van der Waals surface area contributed by atoms with Crippen LogP contribution < -0.4 is 5.43 Å². The predicted octanol–water partition coefficient (Wildman–Crippen LogP) is 3.52. The van der Waals surface area contributed by atoms with E-state index in [9.17, 15) is 9.18 Å². The molecule has 0 spiro atoms. The number of rotatable bonds is 6. The van der Waals surface area contributed by atoms with Crippen LogP contribution in [0.2, 0.25) is 0 Å². The minimum Gasteiger partial charge on any atom is -0.273 e. The van der Waals surface area contributed by atoms with E-state index in [1.165, 1.54) is 6.07 Å². The minimum absolute atomic E-state index is 0.0968. The Labute approximate surface area is 113 Å². The van der Waals surface area contributed by atoms with Crippen molar-refractivity contribution in [2.45, 2.75) is 33.1 Å². The molecule has 1 aromatic rings. The number of nitrogens with zero attached hydrogens (tertiary/aromatic N) is 1. The van der Waals surface area contributed by atoms with Crippen molar-refractivity contribution >= 4 is 17.7 Å². The fourth-order valence-electron chi connectivity index (χ4n) is 1.40. The Balaban J connectivity index is 2.52. The van der Waals surface area contributed by atoms with Gasteiger partial charge >= 0.3 is 0 Å². The topological polar surface area (TPSA) is 41.5 Å². The number of benzene rings is 1. The lowest BCUT2D eigenvalue weighted by atomic mass is 10.2. The lowest BCUT2D eigenvalue weighted by Crippen LogP contribution is -2.17. The van der Waals surface area contributed by atoms with Gasteiger partial charge in [0.2, 0.25) is 5.91 Å². The summed E-state index contributed by atoms with van der Waals surface area (Å²) < 4.78 is 13.3. The summed E-state index contributed by atoms with van der Waals surface area (Å²) in [5.41, 5.74) is 3.59. The Morgan fingerprint density at radius 2 is 2.16 bits per heavy atom. The lowest BCUT2D eigenvalue weighted by Gasteiger charge is -1.99. The maximum atomic E-state index is 13.3. The van der Waals surface area contributed by atoms with Gasteiger partial charge in [0.25, 0.3) is 0 Å². The summed E-state index contributed by atoms with van der Waals surface area (Å²) >= 11 is 0. The first-order valence-corrected chi connectivity index (χ1v) is 6.39. The maximum Gasteiger partial charge on any atom is 0.240 e. The Morgan fingerprint density at radius 3 is 2.84 bits per heavy atom. The molecule has 0 saturated heterocycles. The number of amides is 1. The third kappa shape index (κ3) is 5.95. The van der Waals surface area contributed by atoms with Gasteiger partial charge in [0.1, 0.15) is 5.82 Å². The Bertz CT molecular complexity index is 481. The molecule has 102 valence electrons. The first-order valence-electron chi connectivity index (χ1n) is 6.39. The number of hydrazone groups is 1. The highest BCUT2D eigenvalue weighted by Crippen LogP contribution is 2.08. The summed E-state index contributed by atoms with van der Waals surface area (Å²) in [7, 11) is 0. The normalized spacial score (nSPS) is 11.8. The highest BCUT2D eigenvalue weighted by molar-refractivity contribution is 5.96. The molecule has 4 heteroatoms. The van der Waals surface area contributed by atoms with Crippen molar-refractivity contribution < 1.29 is 9.18 Å². The molecule has 19 heavy (non-hydrogen) atoms. The fourth-order valence-corrected chi connectivity index (χ4v) is 1.40. The summed E-state index contributed by atoms with van der Waals surface area (Å²) in [6.45, 7) is 3.77. The Kier molecular flexibility index (Phi) is 6.50. The number of hydrogen-bond acceptors (Lipinski definition) is 2. The second-order valence-electron chi connectivity index (χ2n) is 4.25. The molecule has 0 aliphatic heterocycles. The van der Waals surface area contributed by atoms with E-state index in [1.54, 1.807) is 37.3 Å². The Morgan fingerprint density at radius 1 is 1.42 bits per heavy atom. The lowest BCUT2D eigenvalue weighted by molar-refractivity contribution is -0.121. The number of carbonyl (C=O) groups is 1. The third-order valence-corrected chi connectivity index (χ3v) is 2.52. The van der Waals surface area contributed by atoms with Crippen LogP contribution in [0.1, 0.15) is 38.7 Å². The molecule has 0 bridgehead atoms. The van der Waals surface area contributed by atoms with E-state index >= 15 is 0 Å². The van der Waals surface area contributed by atoms with E-state index in [4.69, 9.17) is 0 Å². The standard InChI is InChI=1S/C15H19FN2O/c1-3-4-9-15(19)18-17-12(2)10-11-13-7-5-6-8-14(13)16/h5-8,10-11H,3-4,9H2,1-2H3,(H,18,19). The molecule has 0 aliphatic rings. The SMILES string of the molecule is CCCCC(=O)NN=C(C)C=Cc1ccccc1F. The van der Waals surface area contributed by atoms with E-state index in [2.05, 4.69) is 10.5 Å². The van der Waals surface area contributed by atoms with Crippen molar-refractivity contribution in [3.8, 4) is 0 Å². The van der Waals surface area contributed by atoms with E-state index in [-0.39, 0.29) is 11.7 Å². The summed E-state index contributed by atoms with van der Waals surface area (Å²) in [5.74, 6) is -0.376. The highest BCUT2D eigenvalue weighted by Gasteiger charge is 1.98. The number of carbonyl (C=O) groups excluding carboxylic acids is 1. The smallest absolute Gasteiger partial charge is 0.240 e. The van der Waals surface area contributed by atoms with E-state index < -0.39 is 0 Å². The molecule has 0 heterocycles. The van der Waals surface area contributed by atoms with Crippen molar-refractivity contribution in [2.24, 2.45) is 5.10 Å². The van der Waals surface area contributed by atoms with E-state index in [0.29, 0.717) is 17.7 Å². The molecule has 0 radical (unpaired) electrons. The average molecular weight is 262 g/mol.